The molecule has 5 heteroatoms. The SMILES string of the molecule is CNC1CCC(S(=O)c2cc(Cl)cc(Cl)c2)C1. The van der Waals surface area contributed by atoms with E-state index in [1.807, 2.05) is 7.05 Å². The summed E-state index contributed by atoms with van der Waals surface area (Å²) in [6, 6.07) is 5.64. The van der Waals surface area contributed by atoms with E-state index in [0.717, 1.165) is 24.2 Å². The maximum Gasteiger partial charge on any atom is 0.0562 e. The smallest absolute Gasteiger partial charge is 0.0562 e. The average Bonchev–Trinajstić information content (AvgIpc) is 2.75. The maximum atomic E-state index is 12.4. The molecule has 3 unspecified atom stereocenters. The van der Waals surface area contributed by atoms with Gasteiger partial charge >= 0.3 is 0 Å². The molecule has 1 aromatic rings. The Hall–Kier alpha value is -0.0900. The molecule has 0 heterocycles. The van der Waals surface area contributed by atoms with Gasteiger partial charge in [-0.1, -0.05) is 23.2 Å². The van der Waals surface area contributed by atoms with Gasteiger partial charge in [-0.3, -0.25) is 4.21 Å². The van der Waals surface area contributed by atoms with Crippen LogP contribution < -0.4 is 5.32 Å². The van der Waals surface area contributed by atoms with Gasteiger partial charge in [0.05, 0.1) is 10.8 Å². The van der Waals surface area contributed by atoms with Gasteiger partial charge in [-0.2, -0.15) is 0 Å². The van der Waals surface area contributed by atoms with Crippen LogP contribution in [0, 0.1) is 0 Å². The summed E-state index contributed by atoms with van der Waals surface area (Å²) in [5.41, 5.74) is 0. The fourth-order valence-electron chi connectivity index (χ4n) is 2.23. The van der Waals surface area contributed by atoms with Gasteiger partial charge in [-0.05, 0) is 44.5 Å². The van der Waals surface area contributed by atoms with Crippen LogP contribution in [0.5, 0.6) is 0 Å². The van der Waals surface area contributed by atoms with Gasteiger partial charge in [0, 0.05) is 26.2 Å². The van der Waals surface area contributed by atoms with Crippen molar-refractivity contribution in [1.82, 2.24) is 5.32 Å². The van der Waals surface area contributed by atoms with Crippen molar-refractivity contribution in [2.24, 2.45) is 0 Å². The number of halogens is 2. The van der Waals surface area contributed by atoms with E-state index in [1.54, 1.807) is 18.2 Å². The van der Waals surface area contributed by atoms with Crippen molar-refractivity contribution in [3.63, 3.8) is 0 Å². The lowest BCUT2D eigenvalue weighted by atomic mass is 10.3. The van der Waals surface area contributed by atoms with E-state index < -0.39 is 10.8 Å². The van der Waals surface area contributed by atoms with Crippen LogP contribution in [0.25, 0.3) is 0 Å². The second kappa shape index (κ2) is 5.70. The normalized spacial score (nSPS) is 26.1. The summed E-state index contributed by atoms with van der Waals surface area (Å²) >= 11 is 11.9. The summed E-state index contributed by atoms with van der Waals surface area (Å²) in [7, 11) is 0.940. The van der Waals surface area contributed by atoms with Crippen molar-refractivity contribution in [3.8, 4) is 0 Å². The van der Waals surface area contributed by atoms with Crippen LogP contribution >= 0.6 is 23.2 Å². The molecule has 94 valence electrons. The van der Waals surface area contributed by atoms with Gasteiger partial charge in [0.2, 0.25) is 0 Å². The first-order valence-electron chi connectivity index (χ1n) is 5.64. The number of hydrogen-bond acceptors (Lipinski definition) is 2. The summed E-state index contributed by atoms with van der Waals surface area (Å²) in [5, 5.41) is 4.54. The summed E-state index contributed by atoms with van der Waals surface area (Å²) in [4.78, 5) is 0.740. The number of hydrogen-bond donors (Lipinski definition) is 1. The Balaban J connectivity index is 2.14. The molecule has 2 rings (SSSR count). The highest BCUT2D eigenvalue weighted by Crippen LogP contribution is 2.29. The van der Waals surface area contributed by atoms with Crippen LogP contribution in [-0.4, -0.2) is 22.5 Å². The predicted octanol–water partition coefficient (Wildman–Crippen LogP) is 3.24. The molecule has 3 atom stereocenters. The highest BCUT2D eigenvalue weighted by atomic mass is 35.5. The molecule has 1 aliphatic carbocycles. The Bertz CT molecular complexity index is 418. The van der Waals surface area contributed by atoms with E-state index in [0.29, 0.717) is 16.1 Å². The van der Waals surface area contributed by atoms with Crippen LogP contribution in [0.3, 0.4) is 0 Å². The summed E-state index contributed by atoms with van der Waals surface area (Å²) in [6.07, 6.45) is 3.02. The van der Waals surface area contributed by atoms with Gasteiger partial charge in [0.15, 0.2) is 0 Å². The van der Waals surface area contributed by atoms with Crippen molar-refractivity contribution in [2.45, 2.75) is 35.4 Å². The van der Waals surface area contributed by atoms with Crippen molar-refractivity contribution >= 4 is 34.0 Å². The van der Waals surface area contributed by atoms with Crippen molar-refractivity contribution in [2.75, 3.05) is 7.05 Å². The molecular weight excluding hydrogens is 277 g/mol. The molecular formula is C12H15Cl2NOS. The topological polar surface area (TPSA) is 29.1 Å². The standard InChI is InChI=1S/C12H15Cl2NOS/c1-15-10-2-3-11(7-10)17(16)12-5-8(13)4-9(14)6-12/h4-6,10-11,15H,2-3,7H2,1H3. The lowest BCUT2D eigenvalue weighted by Crippen LogP contribution is -2.23. The zero-order valence-corrected chi connectivity index (χ0v) is 11.9. The van der Waals surface area contributed by atoms with E-state index in [1.165, 1.54) is 0 Å². The van der Waals surface area contributed by atoms with E-state index >= 15 is 0 Å². The molecule has 2 nitrogen and oxygen atoms in total. The van der Waals surface area contributed by atoms with E-state index in [2.05, 4.69) is 5.32 Å². The number of rotatable bonds is 3. The molecule has 0 radical (unpaired) electrons. The lowest BCUT2D eigenvalue weighted by Gasteiger charge is -2.11. The third-order valence-electron chi connectivity index (χ3n) is 3.16. The Labute approximate surface area is 114 Å². The quantitative estimate of drug-likeness (QED) is 0.926. The van der Waals surface area contributed by atoms with Gasteiger partial charge in [-0.15, -0.1) is 0 Å². The fraction of sp³-hybridized carbons (Fsp3) is 0.500. The highest BCUT2D eigenvalue weighted by Gasteiger charge is 2.28. The van der Waals surface area contributed by atoms with Crippen LogP contribution in [0.1, 0.15) is 19.3 Å². The Morgan fingerprint density at radius 3 is 2.41 bits per heavy atom. The van der Waals surface area contributed by atoms with Crippen LogP contribution in [0.2, 0.25) is 10.0 Å². The largest absolute Gasteiger partial charge is 0.317 e. The fourth-order valence-corrected chi connectivity index (χ4v) is 4.52. The van der Waals surface area contributed by atoms with E-state index in [4.69, 9.17) is 23.2 Å². The van der Waals surface area contributed by atoms with Crippen LogP contribution in [0.4, 0.5) is 0 Å². The molecule has 0 aliphatic heterocycles. The first kappa shape index (κ1) is 13.3. The predicted molar refractivity (Wildman–Crippen MR) is 73.4 cm³/mol. The Kier molecular flexibility index (Phi) is 4.47. The summed E-state index contributed by atoms with van der Waals surface area (Å²) in [5.74, 6) is 0. The van der Waals surface area contributed by atoms with Gasteiger partial charge in [0.25, 0.3) is 0 Å². The van der Waals surface area contributed by atoms with Gasteiger partial charge < -0.3 is 5.32 Å². The third-order valence-corrected chi connectivity index (χ3v) is 5.33. The molecule has 1 aliphatic rings. The molecule has 1 fully saturated rings. The zero-order valence-electron chi connectivity index (χ0n) is 9.58. The molecule has 1 saturated carbocycles. The van der Waals surface area contributed by atoms with Crippen molar-refractivity contribution < 1.29 is 4.21 Å². The van der Waals surface area contributed by atoms with Crippen molar-refractivity contribution in [1.29, 1.82) is 0 Å². The van der Waals surface area contributed by atoms with Crippen molar-refractivity contribution in [3.05, 3.63) is 28.2 Å². The molecule has 0 bridgehead atoms. The zero-order chi connectivity index (χ0) is 12.4. The Morgan fingerprint density at radius 2 is 1.88 bits per heavy atom. The molecule has 17 heavy (non-hydrogen) atoms. The molecule has 1 aromatic carbocycles. The minimum absolute atomic E-state index is 0.210. The average molecular weight is 292 g/mol. The third kappa shape index (κ3) is 3.22. The minimum atomic E-state index is -1.01. The monoisotopic (exact) mass is 291 g/mol. The highest BCUT2D eigenvalue weighted by molar-refractivity contribution is 7.85. The maximum absolute atomic E-state index is 12.4. The Morgan fingerprint density at radius 1 is 1.24 bits per heavy atom. The number of benzene rings is 1. The number of nitrogens with one attached hydrogen (secondary N) is 1. The second-order valence-corrected chi connectivity index (χ2v) is 6.93. The van der Waals surface area contributed by atoms with Gasteiger partial charge in [-0.25, -0.2) is 0 Å². The molecule has 0 saturated heterocycles. The molecule has 1 N–H and O–H groups in total. The van der Waals surface area contributed by atoms with Crippen LogP contribution in [-0.2, 0) is 10.8 Å². The summed E-state index contributed by atoms with van der Waals surface area (Å²) < 4.78 is 12.4. The minimum Gasteiger partial charge on any atom is -0.317 e. The van der Waals surface area contributed by atoms with Crippen LogP contribution in [0.15, 0.2) is 23.1 Å². The van der Waals surface area contributed by atoms with Gasteiger partial charge in [0.1, 0.15) is 0 Å². The first-order valence-corrected chi connectivity index (χ1v) is 7.61. The molecule has 0 aromatic heterocycles. The molecule has 0 amide bonds. The lowest BCUT2D eigenvalue weighted by molar-refractivity contribution is 0.581. The van der Waals surface area contributed by atoms with E-state index in [9.17, 15) is 4.21 Å². The van der Waals surface area contributed by atoms with E-state index in [-0.39, 0.29) is 5.25 Å². The molecule has 0 spiro atoms. The summed E-state index contributed by atoms with van der Waals surface area (Å²) in [6.45, 7) is 0. The second-order valence-electron chi connectivity index (χ2n) is 4.32. The first-order chi connectivity index (χ1) is 8.10.